The molecule has 5 nitrogen and oxygen atoms in total. The molecule has 2 fully saturated rings. The molecule has 1 amide bonds. The van der Waals surface area contributed by atoms with Crippen molar-refractivity contribution in [3.05, 3.63) is 0 Å². The maximum Gasteiger partial charge on any atom is 0.407 e. The Morgan fingerprint density at radius 2 is 2.17 bits per heavy atom. The Morgan fingerprint density at radius 3 is 2.72 bits per heavy atom. The summed E-state index contributed by atoms with van der Waals surface area (Å²) < 4.78 is 5.21. The third-order valence-corrected chi connectivity index (χ3v) is 3.47. The number of amides is 1. The van der Waals surface area contributed by atoms with Gasteiger partial charge < -0.3 is 15.4 Å². The van der Waals surface area contributed by atoms with Crippen molar-refractivity contribution in [2.75, 3.05) is 32.7 Å². The fourth-order valence-electron chi connectivity index (χ4n) is 2.53. The molecule has 0 bridgehead atoms. The predicted octanol–water partition coefficient (Wildman–Crippen LogP) is 0.805. The van der Waals surface area contributed by atoms with E-state index in [2.05, 4.69) is 15.5 Å². The Balaban J connectivity index is 1.58. The lowest BCUT2D eigenvalue weighted by molar-refractivity contribution is 0.0396. The van der Waals surface area contributed by atoms with E-state index >= 15 is 0 Å². The molecule has 2 saturated heterocycles. The number of ether oxygens (including phenoxy) is 1. The number of carbonyl (C=O) groups excluding carboxylic acids is 1. The van der Waals surface area contributed by atoms with Crippen molar-refractivity contribution in [2.45, 2.75) is 38.8 Å². The lowest BCUT2D eigenvalue weighted by Crippen LogP contribution is -2.56. The van der Waals surface area contributed by atoms with Gasteiger partial charge in [-0.25, -0.2) is 4.79 Å². The van der Waals surface area contributed by atoms with Crippen LogP contribution < -0.4 is 10.6 Å². The van der Waals surface area contributed by atoms with E-state index in [0.29, 0.717) is 12.0 Å². The standard InChI is InChI=1S/C13H25N3O2/c1-13(2,3)18-12(17)15-6-10-8-16(9-10)11-4-5-14-7-11/h10-11,14H,4-9H2,1-3H3,(H,15,17)/t11-/m1/s1. The van der Waals surface area contributed by atoms with Crippen LogP contribution in [0.15, 0.2) is 0 Å². The molecule has 0 aromatic heterocycles. The normalized spacial score (nSPS) is 25.8. The molecule has 0 aromatic rings. The van der Waals surface area contributed by atoms with Gasteiger partial charge in [0.25, 0.3) is 0 Å². The minimum atomic E-state index is -0.411. The van der Waals surface area contributed by atoms with Crippen LogP contribution in [0.1, 0.15) is 27.2 Å². The van der Waals surface area contributed by atoms with Crippen LogP contribution in [-0.4, -0.2) is 55.4 Å². The third-order valence-electron chi connectivity index (χ3n) is 3.47. The molecule has 2 aliphatic heterocycles. The van der Waals surface area contributed by atoms with E-state index in [1.807, 2.05) is 20.8 Å². The molecule has 0 spiro atoms. The molecule has 0 aromatic carbocycles. The van der Waals surface area contributed by atoms with Crippen molar-refractivity contribution in [3.8, 4) is 0 Å². The molecular weight excluding hydrogens is 230 g/mol. The molecule has 0 unspecified atom stereocenters. The highest BCUT2D eigenvalue weighted by Crippen LogP contribution is 2.21. The van der Waals surface area contributed by atoms with Crippen molar-refractivity contribution in [1.82, 2.24) is 15.5 Å². The van der Waals surface area contributed by atoms with E-state index in [9.17, 15) is 4.79 Å². The molecule has 2 heterocycles. The van der Waals surface area contributed by atoms with Crippen molar-refractivity contribution in [1.29, 1.82) is 0 Å². The molecule has 0 saturated carbocycles. The Bertz CT molecular complexity index is 289. The van der Waals surface area contributed by atoms with Crippen LogP contribution >= 0.6 is 0 Å². The maximum absolute atomic E-state index is 11.5. The summed E-state index contributed by atoms with van der Waals surface area (Å²) in [5, 5.41) is 6.23. The second-order valence-electron chi connectivity index (χ2n) is 6.35. The molecule has 0 aliphatic carbocycles. The fraction of sp³-hybridized carbons (Fsp3) is 0.923. The van der Waals surface area contributed by atoms with Crippen LogP contribution in [0.25, 0.3) is 0 Å². The average Bonchev–Trinajstić information content (AvgIpc) is 2.65. The summed E-state index contributed by atoms with van der Waals surface area (Å²) in [4.78, 5) is 14.0. The zero-order valence-electron chi connectivity index (χ0n) is 11.7. The SMILES string of the molecule is CC(C)(C)OC(=O)NCC1CN([C@@H]2CCNC2)C1. The number of carbonyl (C=O) groups is 1. The Kier molecular flexibility index (Phi) is 4.12. The maximum atomic E-state index is 11.5. The highest BCUT2D eigenvalue weighted by atomic mass is 16.6. The number of rotatable bonds is 3. The van der Waals surface area contributed by atoms with Gasteiger partial charge in [-0.15, -0.1) is 0 Å². The van der Waals surface area contributed by atoms with Crippen LogP contribution in [0.2, 0.25) is 0 Å². The first-order valence-corrected chi connectivity index (χ1v) is 6.85. The van der Waals surface area contributed by atoms with Crippen molar-refractivity contribution >= 4 is 6.09 Å². The number of alkyl carbamates (subject to hydrolysis) is 1. The smallest absolute Gasteiger partial charge is 0.407 e. The van der Waals surface area contributed by atoms with Crippen molar-refractivity contribution in [2.24, 2.45) is 5.92 Å². The summed E-state index contributed by atoms with van der Waals surface area (Å²) in [7, 11) is 0. The number of hydrogen-bond acceptors (Lipinski definition) is 4. The van der Waals surface area contributed by atoms with Gasteiger partial charge in [-0.3, -0.25) is 4.90 Å². The van der Waals surface area contributed by atoms with Gasteiger partial charge in [0.2, 0.25) is 0 Å². The van der Waals surface area contributed by atoms with Gasteiger partial charge in [-0.1, -0.05) is 0 Å². The van der Waals surface area contributed by atoms with Crippen LogP contribution in [0.4, 0.5) is 4.79 Å². The molecule has 5 heteroatoms. The summed E-state index contributed by atoms with van der Waals surface area (Å²) in [6.07, 6.45) is 0.954. The number of nitrogens with zero attached hydrogens (tertiary/aromatic N) is 1. The molecular formula is C13H25N3O2. The molecule has 0 radical (unpaired) electrons. The second-order valence-corrected chi connectivity index (χ2v) is 6.35. The highest BCUT2D eigenvalue weighted by Gasteiger charge is 2.33. The Hall–Kier alpha value is -0.810. The molecule has 2 aliphatic rings. The largest absolute Gasteiger partial charge is 0.444 e. The molecule has 104 valence electrons. The molecule has 2 N–H and O–H groups in total. The van der Waals surface area contributed by atoms with E-state index in [4.69, 9.17) is 4.74 Å². The lowest BCUT2D eigenvalue weighted by atomic mass is 9.97. The quantitative estimate of drug-likeness (QED) is 0.783. The third kappa shape index (κ3) is 3.85. The Labute approximate surface area is 109 Å². The average molecular weight is 255 g/mol. The summed E-state index contributed by atoms with van der Waals surface area (Å²) in [6.45, 7) is 10.8. The summed E-state index contributed by atoms with van der Waals surface area (Å²) in [5.41, 5.74) is -0.411. The van der Waals surface area contributed by atoms with Crippen LogP contribution in [-0.2, 0) is 4.74 Å². The van der Waals surface area contributed by atoms with Gasteiger partial charge in [0, 0.05) is 38.1 Å². The topological polar surface area (TPSA) is 53.6 Å². The summed E-state index contributed by atoms with van der Waals surface area (Å²) in [5.74, 6) is 0.582. The summed E-state index contributed by atoms with van der Waals surface area (Å²) in [6, 6.07) is 0.711. The van der Waals surface area contributed by atoms with E-state index in [-0.39, 0.29) is 6.09 Å². The van der Waals surface area contributed by atoms with Gasteiger partial charge in [-0.05, 0) is 33.7 Å². The van der Waals surface area contributed by atoms with E-state index in [1.54, 1.807) is 0 Å². The van der Waals surface area contributed by atoms with Crippen molar-refractivity contribution < 1.29 is 9.53 Å². The number of hydrogen-bond donors (Lipinski definition) is 2. The van der Waals surface area contributed by atoms with Gasteiger partial charge in [0.15, 0.2) is 0 Å². The predicted molar refractivity (Wildman–Crippen MR) is 70.6 cm³/mol. The molecule has 18 heavy (non-hydrogen) atoms. The van der Waals surface area contributed by atoms with E-state index < -0.39 is 5.60 Å². The van der Waals surface area contributed by atoms with Crippen LogP contribution in [0.3, 0.4) is 0 Å². The van der Waals surface area contributed by atoms with Crippen LogP contribution in [0.5, 0.6) is 0 Å². The Morgan fingerprint density at radius 1 is 1.44 bits per heavy atom. The zero-order chi connectivity index (χ0) is 13.2. The fourth-order valence-corrected chi connectivity index (χ4v) is 2.53. The molecule has 1 atom stereocenters. The number of likely N-dealkylation sites (tertiary alicyclic amines) is 1. The molecule has 2 rings (SSSR count). The first kappa shape index (κ1) is 13.6. The first-order valence-electron chi connectivity index (χ1n) is 6.85. The lowest BCUT2D eigenvalue weighted by Gasteiger charge is -2.43. The minimum absolute atomic E-state index is 0.302. The van der Waals surface area contributed by atoms with Crippen molar-refractivity contribution in [3.63, 3.8) is 0 Å². The monoisotopic (exact) mass is 255 g/mol. The van der Waals surface area contributed by atoms with E-state index in [0.717, 1.165) is 32.7 Å². The van der Waals surface area contributed by atoms with Gasteiger partial charge >= 0.3 is 6.09 Å². The van der Waals surface area contributed by atoms with Gasteiger partial charge in [0.05, 0.1) is 0 Å². The summed E-state index contributed by atoms with van der Waals surface area (Å²) >= 11 is 0. The first-order chi connectivity index (χ1) is 8.44. The second kappa shape index (κ2) is 5.45. The zero-order valence-corrected chi connectivity index (χ0v) is 11.7. The van der Waals surface area contributed by atoms with Crippen LogP contribution in [0, 0.1) is 5.92 Å². The highest BCUT2D eigenvalue weighted by molar-refractivity contribution is 5.67. The number of nitrogens with one attached hydrogen (secondary N) is 2. The van der Waals surface area contributed by atoms with Gasteiger partial charge in [-0.2, -0.15) is 0 Å². The van der Waals surface area contributed by atoms with E-state index in [1.165, 1.54) is 6.42 Å². The van der Waals surface area contributed by atoms with Gasteiger partial charge in [0.1, 0.15) is 5.60 Å². The minimum Gasteiger partial charge on any atom is -0.444 e.